The van der Waals surface area contributed by atoms with Crippen molar-refractivity contribution >= 4 is 12.3 Å². The highest BCUT2D eigenvalue weighted by Gasteiger charge is 2.37. The minimum atomic E-state index is -0.328. The van der Waals surface area contributed by atoms with Gasteiger partial charge in [0.15, 0.2) is 0 Å². The van der Waals surface area contributed by atoms with Crippen molar-refractivity contribution in [2.45, 2.75) is 19.1 Å². The van der Waals surface area contributed by atoms with E-state index in [4.69, 9.17) is 4.74 Å². The van der Waals surface area contributed by atoms with Gasteiger partial charge in [0.2, 0.25) is 0 Å². The quantitative estimate of drug-likeness (QED) is 0.540. The second-order valence-electron chi connectivity index (χ2n) is 3.24. The Morgan fingerprint density at radius 1 is 1.79 bits per heavy atom. The summed E-state index contributed by atoms with van der Waals surface area (Å²) in [6.07, 6.45) is 1.63. The second-order valence-corrected chi connectivity index (χ2v) is 3.24. The molecule has 2 atom stereocenters. The zero-order chi connectivity index (χ0) is 9.97. The van der Waals surface area contributed by atoms with Crippen LogP contribution in [0, 0.1) is 0 Å². The largest absolute Gasteiger partial charge is 0.465 e. The Bertz CT molecular complexity index is 256. The summed E-state index contributed by atoms with van der Waals surface area (Å²) in [5.41, 5.74) is 2.88. The minimum Gasteiger partial charge on any atom is -0.465 e. The van der Waals surface area contributed by atoms with Crippen LogP contribution in [0.3, 0.4) is 0 Å². The smallest absolute Gasteiger partial charge is 0.327 e. The van der Waals surface area contributed by atoms with Crippen molar-refractivity contribution in [1.82, 2.24) is 15.6 Å². The van der Waals surface area contributed by atoms with E-state index in [1.54, 1.807) is 13.3 Å². The number of hydrazone groups is 1. The van der Waals surface area contributed by atoms with Gasteiger partial charge in [0.1, 0.15) is 18.5 Å². The normalized spacial score (nSPS) is 29.6. The predicted octanol–water partition coefficient (Wildman–Crippen LogP) is -1.30. The molecule has 0 aromatic heterocycles. The molecule has 0 bridgehead atoms. The fourth-order valence-corrected chi connectivity index (χ4v) is 1.70. The molecule has 6 heteroatoms. The van der Waals surface area contributed by atoms with Crippen LogP contribution >= 0.6 is 0 Å². The Morgan fingerprint density at radius 2 is 2.64 bits per heavy atom. The van der Waals surface area contributed by atoms with Crippen LogP contribution in [0.4, 0.5) is 0 Å². The van der Waals surface area contributed by atoms with E-state index in [9.17, 15) is 4.79 Å². The van der Waals surface area contributed by atoms with Crippen molar-refractivity contribution in [2.75, 3.05) is 19.7 Å². The first-order chi connectivity index (χ1) is 6.83. The maximum absolute atomic E-state index is 11.5. The molecule has 1 saturated heterocycles. The maximum Gasteiger partial charge on any atom is 0.327 e. The van der Waals surface area contributed by atoms with Gasteiger partial charge in [-0.05, 0) is 6.92 Å². The summed E-state index contributed by atoms with van der Waals surface area (Å²) in [6, 6.07) is -0.328. The van der Waals surface area contributed by atoms with Crippen LogP contribution in [-0.2, 0) is 9.53 Å². The number of rotatable bonds is 2. The summed E-state index contributed by atoms with van der Waals surface area (Å²) in [4.78, 5) is 13.5. The van der Waals surface area contributed by atoms with Crippen molar-refractivity contribution in [3.8, 4) is 0 Å². The molecule has 0 radical (unpaired) electrons. The van der Waals surface area contributed by atoms with Gasteiger partial charge in [-0.2, -0.15) is 5.10 Å². The van der Waals surface area contributed by atoms with Crippen molar-refractivity contribution in [2.24, 2.45) is 5.10 Å². The molecule has 2 aliphatic heterocycles. The highest BCUT2D eigenvalue weighted by Crippen LogP contribution is 2.10. The van der Waals surface area contributed by atoms with E-state index in [1.165, 1.54) is 0 Å². The lowest BCUT2D eigenvalue weighted by Gasteiger charge is -2.34. The van der Waals surface area contributed by atoms with E-state index < -0.39 is 0 Å². The molecule has 0 amide bonds. The third-order valence-corrected chi connectivity index (χ3v) is 2.36. The summed E-state index contributed by atoms with van der Waals surface area (Å²) in [5.74, 6) is -0.222. The van der Waals surface area contributed by atoms with Gasteiger partial charge in [0, 0.05) is 13.1 Å². The topological polar surface area (TPSA) is 66.0 Å². The fourth-order valence-electron chi connectivity index (χ4n) is 1.70. The van der Waals surface area contributed by atoms with Gasteiger partial charge < -0.3 is 9.64 Å². The molecule has 0 aromatic carbocycles. The van der Waals surface area contributed by atoms with Crippen LogP contribution < -0.4 is 10.7 Å². The molecule has 78 valence electrons. The van der Waals surface area contributed by atoms with E-state index >= 15 is 0 Å². The highest BCUT2D eigenvalue weighted by atomic mass is 16.5. The number of nitrogens with zero attached hydrogens (tertiary/aromatic N) is 2. The fraction of sp³-hybridized carbons (Fsp3) is 0.750. The SMILES string of the molecule is CCOC(=O)C1NCCN2C=NNC12. The van der Waals surface area contributed by atoms with Crippen LogP contribution in [0.15, 0.2) is 5.10 Å². The molecule has 0 aliphatic carbocycles. The van der Waals surface area contributed by atoms with E-state index in [1.807, 2.05) is 4.90 Å². The third-order valence-electron chi connectivity index (χ3n) is 2.36. The molecule has 6 nitrogen and oxygen atoms in total. The zero-order valence-corrected chi connectivity index (χ0v) is 8.06. The summed E-state index contributed by atoms with van der Waals surface area (Å²) < 4.78 is 4.97. The van der Waals surface area contributed by atoms with Gasteiger partial charge in [-0.25, -0.2) is 0 Å². The van der Waals surface area contributed by atoms with E-state index in [0.717, 1.165) is 13.1 Å². The van der Waals surface area contributed by atoms with E-state index in [-0.39, 0.29) is 18.2 Å². The van der Waals surface area contributed by atoms with Crippen LogP contribution in [0.25, 0.3) is 0 Å². The zero-order valence-electron chi connectivity index (χ0n) is 8.06. The van der Waals surface area contributed by atoms with E-state index in [0.29, 0.717) is 6.61 Å². The average Bonchev–Trinajstić information content (AvgIpc) is 2.65. The molecular formula is C8H14N4O2. The molecule has 2 rings (SSSR count). The number of esters is 1. The van der Waals surface area contributed by atoms with Crippen LogP contribution in [0.2, 0.25) is 0 Å². The first kappa shape index (κ1) is 9.26. The monoisotopic (exact) mass is 198 g/mol. The standard InChI is InChI=1S/C8H14N4O2/c1-2-14-8(13)6-7-11-10-5-12(7)4-3-9-6/h5-7,9,11H,2-4H2,1H3. The van der Waals surface area contributed by atoms with Gasteiger partial charge in [-0.15, -0.1) is 0 Å². The first-order valence-electron chi connectivity index (χ1n) is 4.77. The van der Waals surface area contributed by atoms with Gasteiger partial charge >= 0.3 is 5.97 Å². The van der Waals surface area contributed by atoms with Gasteiger partial charge in [0.25, 0.3) is 0 Å². The predicted molar refractivity (Wildman–Crippen MR) is 50.5 cm³/mol. The van der Waals surface area contributed by atoms with E-state index in [2.05, 4.69) is 15.8 Å². The van der Waals surface area contributed by atoms with Crippen molar-refractivity contribution < 1.29 is 9.53 Å². The van der Waals surface area contributed by atoms with Crippen LogP contribution in [0.1, 0.15) is 6.92 Å². The lowest BCUT2D eigenvalue weighted by molar-refractivity contribution is -0.148. The summed E-state index contributed by atoms with van der Waals surface area (Å²) in [7, 11) is 0. The molecule has 14 heavy (non-hydrogen) atoms. The molecule has 2 unspecified atom stereocenters. The first-order valence-corrected chi connectivity index (χ1v) is 4.77. The molecule has 0 saturated carbocycles. The lowest BCUT2D eigenvalue weighted by atomic mass is 10.1. The average molecular weight is 198 g/mol. The molecule has 2 N–H and O–H groups in total. The number of nitrogens with one attached hydrogen (secondary N) is 2. The Morgan fingerprint density at radius 3 is 3.43 bits per heavy atom. The molecule has 2 aliphatic rings. The number of hydrogen-bond acceptors (Lipinski definition) is 6. The number of ether oxygens (including phenoxy) is 1. The van der Waals surface area contributed by atoms with Gasteiger partial charge in [-0.1, -0.05) is 0 Å². The number of fused-ring (bicyclic) bond motifs is 1. The number of carbonyl (C=O) groups is 1. The summed E-state index contributed by atoms with van der Waals surface area (Å²) in [5, 5.41) is 7.04. The maximum atomic E-state index is 11.5. The highest BCUT2D eigenvalue weighted by molar-refractivity contribution is 5.78. The second kappa shape index (κ2) is 3.83. The summed E-state index contributed by atoms with van der Waals surface area (Å²) in [6.45, 7) is 3.84. The number of hydrogen-bond donors (Lipinski definition) is 2. The van der Waals surface area contributed by atoms with Crippen molar-refractivity contribution in [3.63, 3.8) is 0 Å². The molecular weight excluding hydrogens is 184 g/mol. The Hall–Kier alpha value is -1.30. The van der Waals surface area contributed by atoms with Gasteiger partial charge in [0.05, 0.1) is 6.61 Å². The van der Waals surface area contributed by atoms with Crippen molar-refractivity contribution in [1.29, 1.82) is 0 Å². The Labute approximate surface area is 82.3 Å². The Balaban J connectivity index is 2.00. The molecule has 1 fully saturated rings. The Kier molecular flexibility index (Phi) is 2.53. The van der Waals surface area contributed by atoms with Crippen LogP contribution in [-0.4, -0.2) is 49.1 Å². The molecule has 0 spiro atoms. The number of carbonyl (C=O) groups excluding carboxylic acids is 1. The van der Waals surface area contributed by atoms with Crippen molar-refractivity contribution in [3.05, 3.63) is 0 Å². The molecule has 0 aromatic rings. The summed E-state index contributed by atoms with van der Waals surface area (Å²) >= 11 is 0. The van der Waals surface area contributed by atoms with Crippen LogP contribution in [0.5, 0.6) is 0 Å². The molecule has 2 heterocycles. The lowest BCUT2D eigenvalue weighted by Crippen LogP contribution is -2.62. The van der Waals surface area contributed by atoms with Gasteiger partial charge in [-0.3, -0.25) is 15.5 Å². The third kappa shape index (κ3) is 1.52. The number of piperazine rings is 1. The minimum absolute atomic E-state index is 0.0946.